The average Bonchev–Trinajstić information content (AvgIpc) is 3.48. The van der Waals surface area contributed by atoms with Crippen LogP contribution in [0.15, 0.2) is 200 Å². The van der Waals surface area contributed by atoms with Crippen LogP contribution in [0.3, 0.4) is 0 Å². The highest BCUT2D eigenvalue weighted by atomic mass is 14.4. The van der Waals surface area contributed by atoms with Gasteiger partial charge in [0.2, 0.25) is 0 Å². The molecule has 0 bridgehead atoms. The fourth-order valence-corrected chi connectivity index (χ4v) is 8.97. The van der Waals surface area contributed by atoms with Crippen molar-refractivity contribution in [2.24, 2.45) is 0 Å². The van der Waals surface area contributed by atoms with E-state index >= 15 is 0 Å². The molecule has 1 aliphatic rings. The molecule has 0 atom stereocenters. The summed E-state index contributed by atoms with van der Waals surface area (Å²) in [4.78, 5) is 0. The van der Waals surface area contributed by atoms with E-state index in [0.29, 0.717) is 0 Å². The molecular weight excluding hydrogens is 661 g/mol. The van der Waals surface area contributed by atoms with E-state index in [4.69, 9.17) is 0 Å². The van der Waals surface area contributed by atoms with Crippen molar-refractivity contribution < 1.29 is 0 Å². The van der Waals surface area contributed by atoms with Crippen LogP contribution in [0.5, 0.6) is 0 Å². The molecule has 0 heteroatoms. The first-order valence-corrected chi connectivity index (χ1v) is 19.3. The molecule has 0 aliphatic heterocycles. The zero-order valence-corrected chi connectivity index (χ0v) is 31.1. The Bertz CT molecular complexity index is 2850. The Balaban J connectivity index is 1.19. The van der Waals surface area contributed by atoms with Crippen LogP contribution >= 0.6 is 0 Å². The predicted octanol–water partition coefficient (Wildman–Crippen LogP) is 14.9. The Hall–Kier alpha value is -6.76. The van der Waals surface area contributed by atoms with E-state index < -0.39 is 0 Å². The molecule has 10 rings (SSSR count). The van der Waals surface area contributed by atoms with Gasteiger partial charge in [-0.05, 0) is 118 Å². The molecule has 1 aliphatic carbocycles. The standard InChI is InChI=1S/C55H40/c1-55(2)51-25-15-14-22-44(51)49-36-43(31-33-52(49)55)54-46-24-13-12-23-45(46)53(47-32-30-42(35-50(47)54)38-16-6-3-7-17-38)41-28-26-37(27-29-41)34-48(39-18-8-4-9-19-39)40-20-10-5-11-21-40/h3-36H,1-2H3. The molecule has 0 saturated heterocycles. The molecule has 0 aromatic heterocycles. The molecule has 0 radical (unpaired) electrons. The van der Waals surface area contributed by atoms with Crippen molar-refractivity contribution in [1.82, 2.24) is 0 Å². The summed E-state index contributed by atoms with van der Waals surface area (Å²) in [5, 5.41) is 5.04. The third-order valence-corrected chi connectivity index (χ3v) is 11.7. The maximum Gasteiger partial charge on any atom is 0.0158 e. The normalized spacial score (nSPS) is 12.7. The molecule has 0 spiro atoms. The Morgan fingerprint density at radius 3 is 1.55 bits per heavy atom. The van der Waals surface area contributed by atoms with E-state index in [0.717, 1.165) is 0 Å². The fraction of sp³-hybridized carbons (Fsp3) is 0.0545. The number of rotatable bonds is 6. The third kappa shape index (κ3) is 5.61. The van der Waals surface area contributed by atoms with Crippen LogP contribution < -0.4 is 0 Å². The summed E-state index contributed by atoms with van der Waals surface area (Å²) in [6, 6.07) is 73.5. The topological polar surface area (TPSA) is 0 Å². The van der Waals surface area contributed by atoms with Crippen molar-refractivity contribution >= 4 is 33.2 Å². The molecule has 0 unspecified atom stereocenters. The first-order chi connectivity index (χ1) is 27.0. The maximum atomic E-state index is 2.46. The van der Waals surface area contributed by atoms with Crippen LogP contribution in [-0.2, 0) is 5.41 Å². The molecule has 260 valence electrons. The Kier molecular flexibility index (Phi) is 7.93. The molecule has 0 saturated carbocycles. The van der Waals surface area contributed by atoms with E-state index in [-0.39, 0.29) is 5.41 Å². The summed E-state index contributed by atoms with van der Waals surface area (Å²) >= 11 is 0. The highest BCUT2D eigenvalue weighted by Crippen LogP contribution is 2.51. The van der Waals surface area contributed by atoms with Crippen molar-refractivity contribution in [1.29, 1.82) is 0 Å². The maximum absolute atomic E-state index is 2.46. The second-order valence-electron chi connectivity index (χ2n) is 15.3. The summed E-state index contributed by atoms with van der Waals surface area (Å²) in [6.45, 7) is 4.71. The van der Waals surface area contributed by atoms with Gasteiger partial charge in [0.25, 0.3) is 0 Å². The molecule has 0 N–H and O–H groups in total. The monoisotopic (exact) mass is 700 g/mol. The van der Waals surface area contributed by atoms with E-state index in [1.807, 2.05) is 0 Å². The highest BCUT2D eigenvalue weighted by Gasteiger charge is 2.35. The second kappa shape index (κ2) is 13.3. The van der Waals surface area contributed by atoms with E-state index in [2.05, 4.69) is 220 Å². The van der Waals surface area contributed by atoms with Crippen molar-refractivity contribution in [3.63, 3.8) is 0 Å². The smallest absolute Gasteiger partial charge is 0.0158 e. The Morgan fingerprint density at radius 1 is 0.364 bits per heavy atom. The summed E-state index contributed by atoms with van der Waals surface area (Å²) in [5.74, 6) is 0. The molecule has 9 aromatic rings. The van der Waals surface area contributed by atoms with E-state index in [1.54, 1.807) is 0 Å². The van der Waals surface area contributed by atoms with Crippen molar-refractivity contribution in [2.45, 2.75) is 19.3 Å². The first-order valence-electron chi connectivity index (χ1n) is 19.3. The summed E-state index contributed by atoms with van der Waals surface area (Å²) < 4.78 is 0. The lowest BCUT2D eigenvalue weighted by atomic mass is 9.81. The SMILES string of the molecule is CC1(C)c2ccccc2-c2cc(-c3c4ccccc4c(-c4ccc(C=C(c5ccccc5)c5ccccc5)cc4)c4ccc(-c5ccccc5)cc34)ccc21. The van der Waals surface area contributed by atoms with E-state index in [9.17, 15) is 0 Å². The number of hydrogen-bond donors (Lipinski definition) is 0. The lowest BCUT2D eigenvalue weighted by molar-refractivity contribution is 0.660. The van der Waals surface area contributed by atoms with Gasteiger partial charge in [-0.25, -0.2) is 0 Å². The van der Waals surface area contributed by atoms with Crippen molar-refractivity contribution in [3.05, 3.63) is 228 Å². The van der Waals surface area contributed by atoms with Gasteiger partial charge in [0.05, 0.1) is 0 Å². The van der Waals surface area contributed by atoms with Gasteiger partial charge in [0.1, 0.15) is 0 Å². The van der Waals surface area contributed by atoms with Crippen molar-refractivity contribution in [3.8, 4) is 44.5 Å². The van der Waals surface area contributed by atoms with Crippen LogP contribution in [0.25, 0.3) is 77.7 Å². The van der Waals surface area contributed by atoms with Crippen molar-refractivity contribution in [2.75, 3.05) is 0 Å². The average molecular weight is 701 g/mol. The largest absolute Gasteiger partial charge is 0.0622 e. The van der Waals surface area contributed by atoms with Crippen LogP contribution in [0.4, 0.5) is 0 Å². The highest BCUT2D eigenvalue weighted by molar-refractivity contribution is 6.22. The molecule has 9 aromatic carbocycles. The Morgan fingerprint density at radius 2 is 0.873 bits per heavy atom. The molecule has 0 heterocycles. The van der Waals surface area contributed by atoms with Crippen LogP contribution in [-0.4, -0.2) is 0 Å². The minimum atomic E-state index is -0.0385. The van der Waals surface area contributed by atoms with Crippen LogP contribution in [0, 0.1) is 0 Å². The van der Waals surface area contributed by atoms with Gasteiger partial charge in [0.15, 0.2) is 0 Å². The quantitative estimate of drug-likeness (QED) is 0.120. The summed E-state index contributed by atoms with van der Waals surface area (Å²) in [6.07, 6.45) is 2.31. The summed E-state index contributed by atoms with van der Waals surface area (Å²) in [5.41, 5.74) is 17.7. The lowest BCUT2D eigenvalue weighted by Crippen LogP contribution is -2.14. The van der Waals surface area contributed by atoms with Gasteiger partial charge >= 0.3 is 0 Å². The number of benzene rings is 9. The fourth-order valence-electron chi connectivity index (χ4n) is 8.97. The molecule has 0 fully saturated rings. The number of fused-ring (bicyclic) bond motifs is 5. The minimum Gasteiger partial charge on any atom is -0.0622 e. The molecule has 55 heavy (non-hydrogen) atoms. The lowest BCUT2D eigenvalue weighted by Gasteiger charge is -2.22. The zero-order chi connectivity index (χ0) is 36.9. The molecule has 0 amide bonds. The van der Waals surface area contributed by atoms with Gasteiger partial charge in [-0.3, -0.25) is 0 Å². The predicted molar refractivity (Wildman–Crippen MR) is 235 cm³/mol. The Labute approximate surface area is 323 Å². The number of hydrogen-bond acceptors (Lipinski definition) is 0. The molecular formula is C55H40. The van der Waals surface area contributed by atoms with Gasteiger partial charge in [0, 0.05) is 5.41 Å². The molecule has 0 nitrogen and oxygen atoms in total. The van der Waals surface area contributed by atoms with Gasteiger partial charge in [-0.2, -0.15) is 0 Å². The van der Waals surface area contributed by atoms with E-state index in [1.165, 1.54) is 99.4 Å². The zero-order valence-electron chi connectivity index (χ0n) is 31.1. The van der Waals surface area contributed by atoms with Gasteiger partial charge in [-0.15, -0.1) is 0 Å². The minimum absolute atomic E-state index is 0.0385. The van der Waals surface area contributed by atoms with Gasteiger partial charge < -0.3 is 0 Å². The van der Waals surface area contributed by atoms with Gasteiger partial charge in [-0.1, -0.05) is 202 Å². The van der Waals surface area contributed by atoms with Crippen LogP contribution in [0.1, 0.15) is 41.7 Å². The van der Waals surface area contributed by atoms with Crippen LogP contribution in [0.2, 0.25) is 0 Å². The summed E-state index contributed by atoms with van der Waals surface area (Å²) in [7, 11) is 0. The second-order valence-corrected chi connectivity index (χ2v) is 15.3. The first kappa shape index (κ1) is 32.9. The third-order valence-electron chi connectivity index (χ3n) is 11.7.